The minimum Gasteiger partial charge on any atom is -0.495 e. The van der Waals surface area contributed by atoms with E-state index in [4.69, 9.17) is 18.9 Å². The molecule has 0 fully saturated rings. The summed E-state index contributed by atoms with van der Waals surface area (Å²) >= 11 is 0. The van der Waals surface area contributed by atoms with Gasteiger partial charge in [0.15, 0.2) is 17.3 Å². The van der Waals surface area contributed by atoms with Gasteiger partial charge in [0.1, 0.15) is 11.6 Å². The summed E-state index contributed by atoms with van der Waals surface area (Å²) in [6.07, 6.45) is 6.68. The lowest BCUT2D eigenvalue weighted by Crippen LogP contribution is -1.98. The van der Waals surface area contributed by atoms with Crippen molar-refractivity contribution in [3.63, 3.8) is 0 Å². The molecule has 0 heterocycles. The summed E-state index contributed by atoms with van der Waals surface area (Å²) in [6, 6.07) is 14.8. The number of carbonyl (C=O) groups excluding carboxylic acids is 1. The van der Waals surface area contributed by atoms with Crippen molar-refractivity contribution in [2.45, 2.75) is 0 Å². The molecule has 0 amide bonds. The van der Waals surface area contributed by atoms with Crippen molar-refractivity contribution in [3.8, 4) is 23.0 Å². The summed E-state index contributed by atoms with van der Waals surface area (Å²) in [4.78, 5) is 12.3. The third-order valence-corrected chi connectivity index (χ3v) is 4.96. The largest absolute Gasteiger partial charge is 0.495 e. The molecule has 3 rings (SSSR count). The van der Waals surface area contributed by atoms with Gasteiger partial charge in [-0.25, -0.2) is 4.39 Å². The maximum Gasteiger partial charge on any atom is 0.203 e. The number of carbonyl (C=O) groups is 1. The van der Waals surface area contributed by atoms with Crippen LogP contribution in [0.15, 0.2) is 66.9 Å². The second-order valence-corrected chi connectivity index (χ2v) is 7.10. The first kappa shape index (κ1) is 24.4. The van der Waals surface area contributed by atoms with E-state index in [1.807, 2.05) is 42.5 Å². The highest BCUT2D eigenvalue weighted by Gasteiger charge is 2.12. The Morgan fingerprint density at radius 3 is 2.09 bits per heavy atom. The Hall–Kier alpha value is -4.26. The van der Waals surface area contributed by atoms with Crippen LogP contribution < -0.4 is 24.3 Å². The zero-order valence-corrected chi connectivity index (χ0v) is 19.4. The summed E-state index contributed by atoms with van der Waals surface area (Å²) in [7, 11) is 6.26. The standard InChI is InChI=1S/C27H26FNO5/c1-31-24-11-10-18(8-9-19-15-25(32-2)27(34-4)26(16-19)33-3)14-22(24)29-13-12-23(30)20-6-5-7-21(28)17-20/h5-17,29H,1-4H3. The Bertz CT molecular complexity index is 1190. The molecule has 0 atom stereocenters. The van der Waals surface area contributed by atoms with Crippen LogP contribution in [0.2, 0.25) is 0 Å². The fourth-order valence-electron chi connectivity index (χ4n) is 3.28. The number of ketones is 1. The number of hydrogen-bond donors (Lipinski definition) is 1. The van der Waals surface area contributed by atoms with Crippen LogP contribution in [0, 0.1) is 5.82 Å². The van der Waals surface area contributed by atoms with E-state index in [0.717, 1.165) is 11.1 Å². The van der Waals surface area contributed by atoms with Crippen molar-refractivity contribution in [1.82, 2.24) is 0 Å². The van der Waals surface area contributed by atoms with Crippen LogP contribution in [0.25, 0.3) is 12.2 Å². The van der Waals surface area contributed by atoms with Crippen LogP contribution in [-0.4, -0.2) is 34.2 Å². The summed E-state index contributed by atoms with van der Waals surface area (Å²) in [5.41, 5.74) is 2.69. The van der Waals surface area contributed by atoms with E-state index in [9.17, 15) is 9.18 Å². The van der Waals surface area contributed by atoms with Crippen molar-refractivity contribution < 1.29 is 28.1 Å². The van der Waals surface area contributed by atoms with E-state index < -0.39 is 5.82 Å². The predicted octanol–water partition coefficient (Wildman–Crippen LogP) is 5.84. The molecule has 3 aromatic carbocycles. The molecule has 0 aromatic heterocycles. The van der Waals surface area contributed by atoms with Crippen molar-refractivity contribution >= 4 is 23.6 Å². The van der Waals surface area contributed by atoms with Gasteiger partial charge in [0.05, 0.1) is 34.1 Å². The van der Waals surface area contributed by atoms with Crippen molar-refractivity contribution in [2.24, 2.45) is 0 Å². The Labute approximate surface area is 198 Å². The molecule has 1 N–H and O–H groups in total. The average Bonchev–Trinajstić information content (AvgIpc) is 2.86. The molecule has 3 aromatic rings. The smallest absolute Gasteiger partial charge is 0.203 e. The van der Waals surface area contributed by atoms with E-state index in [1.54, 1.807) is 34.5 Å². The Balaban J connectivity index is 1.80. The highest BCUT2D eigenvalue weighted by atomic mass is 19.1. The first-order valence-corrected chi connectivity index (χ1v) is 10.4. The number of ether oxygens (including phenoxy) is 4. The molecule has 176 valence electrons. The van der Waals surface area contributed by atoms with Crippen molar-refractivity contribution in [2.75, 3.05) is 33.8 Å². The minimum absolute atomic E-state index is 0.270. The van der Waals surface area contributed by atoms with Crippen molar-refractivity contribution in [1.29, 1.82) is 0 Å². The number of allylic oxidation sites excluding steroid dienone is 1. The van der Waals surface area contributed by atoms with Gasteiger partial charge in [-0.05, 0) is 47.5 Å². The quantitative estimate of drug-likeness (QED) is 0.232. The molecule has 0 aliphatic carbocycles. The van der Waals surface area contributed by atoms with Gasteiger partial charge >= 0.3 is 0 Å². The second kappa shape index (κ2) is 11.6. The number of anilines is 1. The fraction of sp³-hybridized carbons (Fsp3) is 0.148. The van der Waals surface area contributed by atoms with Gasteiger partial charge in [0, 0.05) is 17.8 Å². The molecule has 34 heavy (non-hydrogen) atoms. The van der Waals surface area contributed by atoms with Crippen LogP contribution in [0.4, 0.5) is 10.1 Å². The third-order valence-electron chi connectivity index (χ3n) is 4.96. The Morgan fingerprint density at radius 2 is 1.47 bits per heavy atom. The van der Waals surface area contributed by atoms with Gasteiger partial charge in [-0.2, -0.15) is 0 Å². The minimum atomic E-state index is -0.458. The molecule has 0 unspecified atom stereocenters. The van der Waals surface area contributed by atoms with Gasteiger partial charge in [0.2, 0.25) is 5.75 Å². The van der Waals surface area contributed by atoms with Gasteiger partial charge in [-0.1, -0.05) is 30.4 Å². The predicted molar refractivity (Wildman–Crippen MR) is 132 cm³/mol. The topological polar surface area (TPSA) is 66.0 Å². The molecular formula is C27H26FNO5. The first-order valence-electron chi connectivity index (χ1n) is 10.4. The SMILES string of the molecule is COc1ccc(C=Cc2cc(OC)c(OC)c(OC)c2)cc1NC=CC(=O)c1cccc(F)c1. The van der Waals surface area contributed by atoms with Gasteiger partial charge in [-0.15, -0.1) is 0 Å². The maximum absolute atomic E-state index is 13.3. The van der Waals surface area contributed by atoms with Crippen LogP contribution >= 0.6 is 0 Å². The number of benzene rings is 3. The Kier molecular flexibility index (Phi) is 8.29. The molecular weight excluding hydrogens is 437 g/mol. The van der Waals surface area contributed by atoms with Crippen LogP contribution in [0.5, 0.6) is 23.0 Å². The highest BCUT2D eigenvalue weighted by molar-refractivity contribution is 6.04. The van der Waals surface area contributed by atoms with Crippen LogP contribution in [-0.2, 0) is 0 Å². The highest BCUT2D eigenvalue weighted by Crippen LogP contribution is 2.38. The summed E-state index contributed by atoms with van der Waals surface area (Å²) in [6.45, 7) is 0. The summed E-state index contributed by atoms with van der Waals surface area (Å²) in [5.74, 6) is 1.48. The molecule has 0 spiro atoms. The van der Waals surface area contributed by atoms with E-state index in [0.29, 0.717) is 28.7 Å². The molecule has 0 saturated carbocycles. The van der Waals surface area contributed by atoms with Gasteiger partial charge in [-0.3, -0.25) is 4.79 Å². The molecule has 7 heteroatoms. The second-order valence-electron chi connectivity index (χ2n) is 7.10. The van der Waals surface area contributed by atoms with Gasteiger partial charge in [0.25, 0.3) is 0 Å². The number of halogens is 1. The maximum atomic E-state index is 13.3. The number of nitrogens with one attached hydrogen (secondary N) is 1. The first-order chi connectivity index (χ1) is 16.5. The number of rotatable bonds is 10. The van der Waals surface area contributed by atoms with Crippen LogP contribution in [0.1, 0.15) is 21.5 Å². The van der Waals surface area contributed by atoms with E-state index in [2.05, 4.69) is 5.32 Å². The lowest BCUT2D eigenvalue weighted by Gasteiger charge is -2.13. The van der Waals surface area contributed by atoms with E-state index >= 15 is 0 Å². The Morgan fingerprint density at radius 1 is 0.794 bits per heavy atom. The van der Waals surface area contributed by atoms with E-state index in [1.165, 1.54) is 30.5 Å². The normalized spacial score (nSPS) is 11.0. The number of hydrogen-bond acceptors (Lipinski definition) is 6. The lowest BCUT2D eigenvalue weighted by molar-refractivity contribution is 0.104. The summed E-state index contributed by atoms with van der Waals surface area (Å²) < 4.78 is 34.9. The van der Waals surface area contributed by atoms with Crippen LogP contribution in [0.3, 0.4) is 0 Å². The lowest BCUT2D eigenvalue weighted by atomic mass is 10.1. The molecule has 0 aliphatic heterocycles. The molecule has 0 aliphatic rings. The third kappa shape index (κ3) is 5.95. The zero-order chi connectivity index (χ0) is 24.5. The van der Waals surface area contributed by atoms with Gasteiger partial charge < -0.3 is 24.3 Å². The summed E-state index contributed by atoms with van der Waals surface area (Å²) in [5, 5.41) is 3.06. The fourth-order valence-corrected chi connectivity index (χ4v) is 3.28. The zero-order valence-electron chi connectivity index (χ0n) is 19.4. The monoisotopic (exact) mass is 463 g/mol. The van der Waals surface area contributed by atoms with E-state index in [-0.39, 0.29) is 11.3 Å². The molecule has 0 saturated heterocycles. The molecule has 0 radical (unpaired) electrons. The van der Waals surface area contributed by atoms with Crippen molar-refractivity contribution in [3.05, 3.63) is 89.4 Å². The molecule has 0 bridgehead atoms. The number of methoxy groups -OCH3 is 4. The average molecular weight is 464 g/mol. The molecule has 6 nitrogen and oxygen atoms in total.